The second-order valence-electron chi connectivity index (χ2n) is 7.97. The third-order valence-electron chi connectivity index (χ3n) is 6.11. The molecule has 0 aromatic heterocycles. The summed E-state index contributed by atoms with van der Waals surface area (Å²) in [6.07, 6.45) is 5.47. The molecule has 150 valence electrons. The highest BCUT2D eigenvalue weighted by Gasteiger charge is 2.39. The number of carbonyl (C=O) groups excluding carboxylic acids is 3. The number of nitrogens with one attached hydrogen (secondary N) is 3. The van der Waals surface area contributed by atoms with Gasteiger partial charge in [0.05, 0.1) is 0 Å². The van der Waals surface area contributed by atoms with Crippen molar-refractivity contribution in [3.05, 3.63) is 29.3 Å². The molecule has 28 heavy (non-hydrogen) atoms. The van der Waals surface area contributed by atoms with Crippen LogP contribution in [0.25, 0.3) is 0 Å². The summed E-state index contributed by atoms with van der Waals surface area (Å²) in [6.45, 7) is 3.51. The van der Waals surface area contributed by atoms with Crippen molar-refractivity contribution >= 4 is 23.4 Å². The van der Waals surface area contributed by atoms with Gasteiger partial charge in [0.1, 0.15) is 6.04 Å². The zero-order chi connectivity index (χ0) is 19.7. The first-order valence-corrected chi connectivity index (χ1v) is 10.3. The number of likely N-dealkylation sites (N-methyl/N-ethyl adjacent to an activating group) is 1. The van der Waals surface area contributed by atoms with Crippen LogP contribution >= 0.6 is 0 Å². The normalized spacial score (nSPS) is 27.5. The van der Waals surface area contributed by atoms with Crippen LogP contribution in [0.3, 0.4) is 0 Å². The van der Waals surface area contributed by atoms with Gasteiger partial charge < -0.3 is 15.5 Å². The highest BCUT2D eigenvalue weighted by molar-refractivity contribution is 6.05. The molecule has 4 rings (SSSR count). The second-order valence-corrected chi connectivity index (χ2v) is 7.97. The van der Waals surface area contributed by atoms with Crippen molar-refractivity contribution in [2.24, 2.45) is 0 Å². The van der Waals surface area contributed by atoms with Gasteiger partial charge in [-0.1, -0.05) is 19.8 Å². The Labute approximate surface area is 165 Å². The van der Waals surface area contributed by atoms with Crippen molar-refractivity contribution in [2.45, 2.75) is 70.1 Å². The van der Waals surface area contributed by atoms with Gasteiger partial charge in [-0.15, -0.1) is 0 Å². The molecular formula is C21H28N4O3. The number of carbonyl (C=O) groups is 3. The summed E-state index contributed by atoms with van der Waals surface area (Å²) in [4.78, 5) is 37.9. The minimum Gasteiger partial charge on any atom is -0.381 e. The van der Waals surface area contributed by atoms with Crippen LogP contribution in [0.1, 0.15) is 61.4 Å². The fourth-order valence-electron chi connectivity index (χ4n) is 4.69. The summed E-state index contributed by atoms with van der Waals surface area (Å²) >= 11 is 0. The molecule has 2 heterocycles. The van der Waals surface area contributed by atoms with Crippen molar-refractivity contribution in [3.8, 4) is 0 Å². The quantitative estimate of drug-likeness (QED) is 0.673. The molecule has 1 saturated carbocycles. The Hall–Kier alpha value is -2.41. The molecule has 3 aliphatic rings. The van der Waals surface area contributed by atoms with Crippen molar-refractivity contribution < 1.29 is 14.4 Å². The fraction of sp³-hybridized carbons (Fsp3) is 0.571. The van der Waals surface area contributed by atoms with E-state index >= 15 is 0 Å². The lowest BCUT2D eigenvalue weighted by Crippen LogP contribution is -2.52. The van der Waals surface area contributed by atoms with Gasteiger partial charge in [0.25, 0.3) is 5.91 Å². The molecule has 1 aromatic rings. The number of fused-ring (bicyclic) bond motifs is 1. The van der Waals surface area contributed by atoms with E-state index in [4.69, 9.17) is 0 Å². The lowest BCUT2D eigenvalue weighted by molar-refractivity contribution is -0.136. The summed E-state index contributed by atoms with van der Waals surface area (Å²) < 4.78 is 0. The van der Waals surface area contributed by atoms with Crippen LogP contribution in [-0.4, -0.2) is 47.3 Å². The molecule has 3 N–H and O–H groups in total. The molecule has 1 unspecified atom stereocenters. The predicted octanol–water partition coefficient (Wildman–Crippen LogP) is 1.78. The van der Waals surface area contributed by atoms with Crippen molar-refractivity contribution in [2.75, 3.05) is 11.9 Å². The average Bonchev–Trinajstić information content (AvgIpc) is 2.99. The summed E-state index contributed by atoms with van der Waals surface area (Å²) in [6, 6.07) is 6.14. The standard InChI is InChI=1S/C21H28N4O3/c1-2-22-16-5-3-4-6-17(16)23-14-7-8-15-13(11-14)12-25(21(15)28)18-9-10-19(26)24-20(18)27/h7-8,11,16-18,22-23H,2-6,9-10,12H2,1H3,(H,24,26,27)/t16-,17+,18?/m0/s1. The van der Waals surface area contributed by atoms with E-state index in [1.807, 2.05) is 18.2 Å². The number of benzene rings is 1. The molecule has 1 aromatic carbocycles. The predicted molar refractivity (Wildman–Crippen MR) is 106 cm³/mol. The van der Waals surface area contributed by atoms with Gasteiger partial charge in [-0.2, -0.15) is 0 Å². The van der Waals surface area contributed by atoms with Crippen LogP contribution in [0.5, 0.6) is 0 Å². The third-order valence-corrected chi connectivity index (χ3v) is 6.11. The maximum Gasteiger partial charge on any atom is 0.255 e. The van der Waals surface area contributed by atoms with Gasteiger partial charge in [-0.05, 0) is 49.6 Å². The van der Waals surface area contributed by atoms with Crippen LogP contribution in [0.4, 0.5) is 5.69 Å². The third kappa shape index (κ3) is 3.63. The number of amides is 3. The minimum atomic E-state index is -0.564. The molecule has 3 amide bonds. The van der Waals surface area contributed by atoms with Gasteiger partial charge >= 0.3 is 0 Å². The fourth-order valence-corrected chi connectivity index (χ4v) is 4.69. The van der Waals surface area contributed by atoms with Crippen LogP contribution < -0.4 is 16.0 Å². The molecule has 1 aliphatic carbocycles. The SMILES string of the molecule is CCN[C@H]1CCCC[C@H]1Nc1ccc2c(c1)CN(C1CCC(=O)NC1=O)C2=O. The number of hydrogen-bond donors (Lipinski definition) is 3. The van der Waals surface area contributed by atoms with Crippen LogP contribution in [0.2, 0.25) is 0 Å². The average molecular weight is 384 g/mol. The van der Waals surface area contributed by atoms with Gasteiger partial charge in [0.15, 0.2) is 0 Å². The van der Waals surface area contributed by atoms with Gasteiger partial charge in [-0.25, -0.2) is 0 Å². The first-order chi connectivity index (χ1) is 13.6. The first kappa shape index (κ1) is 18.9. The molecule has 7 nitrogen and oxygen atoms in total. The van der Waals surface area contributed by atoms with Crippen molar-refractivity contribution in [1.29, 1.82) is 0 Å². The smallest absolute Gasteiger partial charge is 0.255 e. The summed E-state index contributed by atoms with van der Waals surface area (Å²) in [7, 11) is 0. The lowest BCUT2D eigenvalue weighted by Gasteiger charge is -2.33. The number of rotatable bonds is 5. The molecule has 2 fully saturated rings. The van der Waals surface area contributed by atoms with E-state index in [1.165, 1.54) is 19.3 Å². The Kier molecular flexibility index (Phi) is 5.35. The maximum atomic E-state index is 12.8. The monoisotopic (exact) mass is 384 g/mol. The highest BCUT2D eigenvalue weighted by Crippen LogP contribution is 2.30. The van der Waals surface area contributed by atoms with E-state index in [2.05, 4.69) is 22.9 Å². The maximum absolute atomic E-state index is 12.8. The van der Waals surface area contributed by atoms with E-state index in [0.717, 1.165) is 24.2 Å². The van der Waals surface area contributed by atoms with E-state index < -0.39 is 6.04 Å². The first-order valence-electron chi connectivity index (χ1n) is 10.3. The molecule has 7 heteroatoms. The summed E-state index contributed by atoms with van der Waals surface area (Å²) in [5, 5.41) is 9.57. The van der Waals surface area contributed by atoms with Gasteiger partial charge in [0, 0.05) is 36.3 Å². The molecule has 0 radical (unpaired) electrons. The number of hydrogen-bond acceptors (Lipinski definition) is 5. The number of imide groups is 1. The molecule has 3 atom stereocenters. The van der Waals surface area contributed by atoms with Crippen molar-refractivity contribution in [3.63, 3.8) is 0 Å². The van der Waals surface area contributed by atoms with E-state index in [-0.39, 0.29) is 24.1 Å². The zero-order valence-corrected chi connectivity index (χ0v) is 16.3. The number of anilines is 1. The Balaban J connectivity index is 1.48. The topological polar surface area (TPSA) is 90.5 Å². The zero-order valence-electron chi connectivity index (χ0n) is 16.3. The summed E-state index contributed by atoms with van der Waals surface area (Å²) in [5.74, 6) is -0.759. The number of nitrogens with zero attached hydrogens (tertiary/aromatic N) is 1. The Morgan fingerprint density at radius 2 is 1.89 bits per heavy atom. The highest BCUT2D eigenvalue weighted by atomic mass is 16.2. The molecule has 2 aliphatic heterocycles. The lowest BCUT2D eigenvalue weighted by atomic mass is 9.90. The van der Waals surface area contributed by atoms with E-state index in [1.54, 1.807) is 4.90 Å². The van der Waals surface area contributed by atoms with E-state index in [9.17, 15) is 14.4 Å². The minimum absolute atomic E-state index is 0.126. The van der Waals surface area contributed by atoms with Crippen LogP contribution in [0, 0.1) is 0 Å². The Morgan fingerprint density at radius 1 is 1.11 bits per heavy atom. The van der Waals surface area contributed by atoms with Crippen molar-refractivity contribution in [1.82, 2.24) is 15.5 Å². The van der Waals surface area contributed by atoms with Gasteiger partial charge in [-0.3, -0.25) is 19.7 Å². The van der Waals surface area contributed by atoms with E-state index in [0.29, 0.717) is 30.6 Å². The van der Waals surface area contributed by atoms with Gasteiger partial charge in [0.2, 0.25) is 11.8 Å². The Morgan fingerprint density at radius 3 is 2.64 bits per heavy atom. The second kappa shape index (κ2) is 7.91. The molecular weight excluding hydrogens is 356 g/mol. The number of piperidine rings is 1. The largest absolute Gasteiger partial charge is 0.381 e. The molecule has 0 spiro atoms. The van der Waals surface area contributed by atoms with Crippen LogP contribution in [0.15, 0.2) is 18.2 Å². The summed E-state index contributed by atoms with van der Waals surface area (Å²) in [5.41, 5.74) is 2.61. The molecule has 1 saturated heterocycles. The van der Waals surface area contributed by atoms with Crippen LogP contribution in [-0.2, 0) is 16.1 Å². The molecule has 0 bridgehead atoms. The Bertz CT molecular complexity index is 792.